The van der Waals surface area contributed by atoms with Crippen molar-refractivity contribution in [3.8, 4) is 11.5 Å². The van der Waals surface area contributed by atoms with Gasteiger partial charge in [0, 0.05) is 18.1 Å². The molecule has 2 bridgehead atoms. The summed E-state index contributed by atoms with van der Waals surface area (Å²) in [5.41, 5.74) is -0.143. The summed E-state index contributed by atoms with van der Waals surface area (Å²) in [6.07, 6.45) is 1.02. The third kappa shape index (κ3) is 3.63. The normalized spacial score (nSPS) is 32.9. The number of carbonyl (C=O) groups excluding carboxylic acids is 1. The number of fused-ring (bicyclic) bond motifs is 3. The Kier molecular flexibility index (Phi) is 4.99. The Morgan fingerprint density at radius 3 is 2.60 bits per heavy atom. The number of benzene rings is 1. The number of esters is 1. The predicted molar refractivity (Wildman–Crippen MR) is 87.3 cm³/mol. The van der Waals surface area contributed by atoms with E-state index < -0.39 is 42.2 Å². The minimum Gasteiger partial charge on any atom is -0.508 e. The predicted octanol–water partition coefficient (Wildman–Crippen LogP) is 1.54. The lowest BCUT2D eigenvalue weighted by molar-refractivity contribution is -0.0652. The van der Waals surface area contributed by atoms with Gasteiger partial charge in [-0.15, -0.1) is 0 Å². The summed E-state index contributed by atoms with van der Waals surface area (Å²) in [4.78, 5) is 12.5. The van der Waals surface area contributed by atoms with Crippen LogP contribution in [0.5, 0.6) is 11.5 Å². The highest BCUT2D eigenvalue weighted by Gasteiger charge is 2.37. The SMILES string of the molecule is C[C@H]1CC=C[C@H](O)[C@H]2CC[C@H](O2)[C@H](O)c2cc(O)cc(O)c2C(=O)O1. The Morgan fingerprint density at radius 2 is 1.84 bits per heavy atom. The van der Waals surface area contributed by atoms with Gasteiger partial charge in [0.05, 0.1) is 18.3 Å². The van der Waals surface area contributed by atoms with Gasteiger partial charge in [-0.2, -0.15) is 0 Å². The molecule has 2 aliphatic heterocycles. The molecule has 5 atom stereocenters. The molecule has 1 saturated heterocycles. The maximum atomic E-state index is 12.5. The first-order valence-corrected chi connectivity index (χ1v) is 8.32. The maximum Gasteiger partial charge on any atom is 0.342 e. The summed E-state index contributed by atoms with van der Waals surface area (Å²) in [6, 6.07) is 2.24. The average molecular weight is 350 g/mol. The molecule has 0 amide bonds. The third-order valence-electron chi connectivity index (χ3n) is 4.58. The van der Waals surface area contributed by atoms with Crippen LogP contribution in [0.25, 0.3) is 0 Å². The van der Waals surface area contributed by atoms with Gasteiger partial charge in [0.15, 0.2) is 0 Å². The molecule has 1 aromatic rings. The third-order valence-corrected chi connectivity index (χ3v) is 4.58. The number of hydrogen-bond donors (Lipinski definition) is 4. The summed E-state index contributed by atoms with van der Waals surface area (Å²) in [5, 5.41) is 40.7. The second-order valence-electron chi connectivity index (χ2n) is 6.53. The first-order valence-electron chi connectivity index (χ1n) is 8.32. The fourth-order valence-electron chi connectivity index (χ4n) is 3.29. The van der Waals surface area contributed by atoms with E-state index in [0.29, 0.717) is 19.3 Å². The van der Waals surface area contributed by atoms with Crippen LogP contribution in [0.2, 0.25) is 0 Å². The number of aliphatic hydroxyl groups is 2. The lowest BCUT2D eigenvalue weighted by Gasteiger charge is -2.23. The Hall–Kier alpha value is -2.09. The molecular weight excluding hydrogens is 328 g/mol. The number of phenolic OH excluding ortho intramolecular Hbond substituents is 2. The Balaban J connectivity index is 2.04. The van der Waals surface area contributed by atoms with E-state index in [1.807, 2.05) is 0 Å². The number of phenols is 2. The van der Waals surface area contributed by atoms with E-state index in [0.717, 1.165) is 6.07 Å². The van der Waals surface area contributed by atoms with Crippen LogP contribution in [0.1, 0.15) is 48.2 Å². The van der Waals surface area contributed by atoms with E-state index in [9.17, 15) is 25.2 Å². The smallest absolute Gasteiger partial charge is 0.342 e. The molecule has 1 fully saturated rings. The van der Waals surface area contributed by atoms with Crippen molar-refractivity contribution in [2.24, 2.45) is 0 Å². The second-order valence-corrected chi connectivity index (χ2v) is 6.53. The van der Waals surface area contributed by atoms with Crippen molar-refractivity contribution in [3.05, 3.63) is 35.4 Å². The van der Waals surface area contributed by atoms with Gasteiger partial charge in [-0.05, 0) is 25.8 Å². The highest BCUT2D eigenvalue weighted by Crippen LogP contribution is 2.38. The van der Waals surface area contributed by atoms with Gasteiger partial charge >= 0.3 is 5.97 Å². The molecule has 2 aliphatic rings. The first-order chi connectivity index (χ1) is 11.9. The van der Waals surface area contributed by atoms with Crippen LogP contribution >= 0.6 is 0 Å². The summed E-state index contributed by atoms with van der Waals surface area (Å²) in [5.74, 6) is -1.54. The van der Waals surface area contributed by atoms with E-state index in [1.54, 1.807) is 19.1 Å². The van der Waals surface area contributed by atoms with E-state index in [-0.39, 0.29) is 16.9 Å². The van der Waals surface area contributed by atoms with Crippen molar-refractivity contribution < 1.29 is 34.7 Å². The van der Waals surface area contributed by atoms with Gasteiger partial charge in [0.1, 0.15) is 29.3 Å². The largest absolute Gasteiger partial charge is 0.508 e. The average Bonchev–Trinajstić information content (AvgIpc) is 3.02. The second kappa shape index (κ2) is 7.03. The van der Waals surface area contributed by atoms with E-state index in [4.69, 9.17) is 9.47 Å². The summed E-state index contributed by atoms with van der Waals surface area (Å²) in [6.45, 7) is 1.68. The van der Waals surface area contributed by atoms with E-state index >= 15 is 0 Å². The van der Waals surface area contributed by atoms with Crippen molar-refractivity contribution in [2.45, 2.75) is 56.7 Å². The highest BCUT2D eigenvalue weighted by atomic mass is 16.5. The number of cyclic esters (lactones) is 1. The maximum absolute atomic E-state index is 12.5. The Morgan fingerprint density at radius 1 is 1.12 bits per heavy atom. The minimum atomic E-state index is -1.25. The number of aliphatic hydroxyl groups excluding tert-OH is 2. The highest BCUT2D eigenvalue weighted by molar-refractivity contribution is 5.94. The summed E-state index contributed by atoms with van der Waals surface area (Å²) < 4.78 is 11.0. The van der Waals surface area contributed by atoms with Crippen molar-refractivity contribution in [2.75, 3.05) is 0 Å². The number of carbonyl (C=O) groups is 1. The molecule has 7 nitrogen and oxygen atoms in total. The zero-order chi connectivity index (χ0) is 18.1. The Bertz CT molecular complexity index is 684. The molecule has 2 heterocycles. The molecule has 0 radical (unpaired) electrons. The Labute approximate surface area is 145 Å². The van der Waals surface area contributed by atoms with Crippen molar-refractivity contribution in [3.63, 3.8) is 0 Å². The molecule has 3 rings (SSSR count). The molecular formula is C18H22O7. The zero-order valence-electron chi connectivity index (χ0n) is 13.8. The quantitative estimate of drug-likeness (QED) is 0.414. The molecule has 0 spiro atoms. The molecule has 4 N–H and O–H groups in total. The van der Waals surface area contributed by atoms with Gasteiger partial charge in [0.2, 0.25) is 0 Å². The molecule has 7 heteroatoms. The monoisotopic (exact) mass is 350 g/mol. The molecule has 0 saturated carbocycles. The lowest BCUT2D eigenvalue weighted by atomic mass is 9.95. The van der Waals surface area contributed by atoms with Crippen molar-refractivity contribution in [1.29, 1.82) is 0 Å². The van der Waals surface area contributed by atoms with Crippen LogP contribution in [0.15, 0.2) is 24.3 Å². The molecule has 25 heavy (non-hydrogen) atoms. The van der Waals surface area contributed by atoms with Gasteiger partial charge in [0.25, 0.3) is 0 Å². The van der Waals surface area contributed by atoms with Crippen molar-refractivity contribution >= 4 is 5.97 Å². The number of ether oxygens (including phenoxy) is 2. The topological polar surface area (TPSA) is 116 Å². The summed E-state index contributed by atoms with van der Waals surface area (Å²) in [7, 11) is 0. The fourth-order valence-corrected chi connectivity index (χ4v) is 3.29. The zero-order valence-corrected chi connectivity index (χ0v) is 13.8. The number of aromatic hydroxyl groups is 2. The van der Waals surface area contributed by atoms with Crippen LogP contribution in [0.4, 0.5) is 0 Å². The van der Waals surface area contributed by atoms with Gasteiger partial charge in [-0.3, -0.25) is 0 Å². The van der Waals surface area contributed by atoms with E-state index in [1.165, 1.54) is 6.07 Å². The number of hydrogen-bond acceptors (Lipinski definition) is 7. The first kappa shape index (κ1) is 17.7. The molecule has 0 aromatic heterocycles. The fraction of sp³-hybridized carbons (Fsp3) is 0.500. The molecule has 0 unspecified atom stereocenters. The van der Waals surface area contributed by atoms with Crippen LogP contribution in [0, 0.1) is 0 Å². The van der Waals surface area contributed by atoms with Crippen LogP contribution in [-0.4, -0.2) is 50.8 Å². The molecule has 1 aromatic carbocycles. The van der Waals surface area contributed by atoms with Gasteiger partial charge < -0.3 is 29.9 Å². The molecule has 0 aliphatic carbocycles. The minimum absolute atomic E-state index is 0.0436. The van der Waals surface area contributed by atoms with Gasteiger partial charge in [-0.25, -0.2) is 4.79 Å². The number of rotatable bonds is 0. The standard InChI is InChI=1S/C18H22O7/c1-9-3-2-4-12(20)14-5-6-15(25-14)17(22)11-7-10(19)8-13(21)16(11)18(23)24-9/h2,4,7-9,12,14-15,17,19-22H,3,5-6H2,1H3/t9-,12-,14+,15-,17+/m0/s1. The van der Waals surface area contributed by atoms with Gasteiger partial charge in [-0.1, -0.05) is 12.2 Å². The molecule has 136 valence electrons. The lowest BCUT2D eigenvalue weighted by Crippen LogP contribution is -2.27. The van der Waals surface area contributed by atoms with E-state index in [2.05, 4.69) is 0 Å². The van der Waals surface area contributed by atoms with Crippen LogP contribution < -0.4 is 0 Å². The van der Waals surface area contributed by atoms with Crippen molar-refractivity contribution in [1.82, 2.24) is 0 Å². The van der Waals surface area contributed by atoms with Crippen LogP contribution in [0.3, 0.4) is 0 Å². The summed E-state index contributed by atoms with van der Waals surface area (Å²) >= 11 is 0. The van der Waals surface area contributed by atoms with Crippen LogP contribution in [-0.2, 0) is 9.47 Å².